The first-order valence-corrected chi connectivity index (χ1v) is 13.6. The Morgan fingerprint density at radius 3 is 2.06 bits per heavy atom. The summed E-state index contributed by atoms with van der Waals surface area (Å²) >= 11 is 31.2. The number of hydrogen-bond donors (Lipinski definition) is 2. The number of rotatable bonds is 6. The van der Waals surface area contributed by atoms with Crippen molar-refractivity contribution in [3.8, 4) is 0 Å². The Morgan fingerprint density at radius 2 is 1.46 bits per heavy atom. The number of carbonyl (C=O) groups excluding carboxylic acids is 2. The van der Waals surface area contributed by atoms with E-state index in [4.69, 9.17) is 58.0 Å². The Kier molecular flexibility index (Phi) is 7.72. The smallest absolute Gasteiger partial charge is 0.257 e. The summed E-state index contributed by atoms with van der Waals surface area (Å²) in [5.41, 5.74) is 1.66. The van der Waals surface area contributed by atoms with Gasteiger partial charge in [0.15, 0.2) is 0 Å². The van der Waals surface area contributed by atoms with Gasteiger partial charge in [-0.25, -0.2) is 0 Å². The van der Waals surface area contributed by atoms with Crippen LogP contribution in [0.15, 0.2) is 65.6 Å². The Morgan fingerprint density at radius 1 is 0.857 bits per heavy atom. The molecule has 1 aliphatic rings. The van der Waals surface area contributed by atoms with Crippen LogP contribution in [-0.4, -0.2) is 26.6 Å². The molecule has 1 unspecified atom stereocenters. The van der Waals surface area contributed by atoms with Crippen molar-refractivity contribution in [3.63, 3.8) is 0 Å². The second-order valence-electron chi connectivity index (χ2n) is 7.95. The molecule has 3 atom stereocenters. The second-order valence-corrected chi connectivity index (χ2v) is 12.1. The van der Waals surface area contributed by atoms with E-state index in [1.54, 1.807) is 54.8 Å². The van der Waals surface area contributed by atoms with Crippen LogP contribution in [0.1, 0.15) is 21.8 Å². The van der Waals surface area contributed by atoms with E-state index in [1.165, 1.54) is 12.1 Å². The molecule has 2 amide bonds. The molecule has 1 saturated carbocycles. The molecule has 5 nitrogen and oxygen atoms in total. The number of anilines is 2. The summed E-state index contributed by atoms with van der Waals surface area (Å²) in [6, 6.07) is 16.1. The van der Waals surface area contributed by atoms with Crippen molar-refractivity contribution in [2.75, 3.05) is 16.9 Å². The van der Waals surface area contributed by atoms with Crippen LogP contribution in [0.5, 0.6) is 0 Å². The zero-order valence-corrected chi connectivity index (χ0v) is 22.5. The van der Waals surface area contributed by atoms with Crippen LogP contribution in [-0.2, 0) is 15.6 Å². The summed E-state index contributed by atoms with van der Waals surface area (Å²) in [6.45, 7) is 0. The maximum Gasteiger partial charge on any atom is 0.257 e. The van der Waals surface area contributed by atoms with Gasteiger partial charge in [0.25, 0.3) is 5.91 Å². The molecule has 0 aromatic heterocycles. The van der Waals surface area contributed by atoms with Gasteiger partial charge in [-0.15, -0.1) is 23.2 Å². The van der Waals surface area contributed by atoms with E-state index in [2.05, 4.69) is 10.6 Å². The van der Waals surface area contributed by atoms with Gasteiger partial charge in [0.05, 0.1) is 16.5 Å². The molecule has 0 saturated heterocycles. The fraction of sp³-hybridized carbons (Fsp3) is 0.167. The molecule has 0 radical (unpaired) electrons. The van der Waals surface area contributed by atoms with Crippen molar-refractivity contribution >= 4 is 92.0 Å². The third kappa shape index (κ3) is 5.79. The molecule has 1 fully saturated rings. The first-order chi connectivity index (χ1) is 16.5. The van der Waals surface area contributed by atoms with Crippen LogP contribution < -0.4 is 10.6 Å². The predicted octanol–water partition coefficient (Wildman–Crippen LogP) is 7.16. The lowest BCUT2D eigenvalue weighted by molar-refractivity contribution is -0.117. The monoisotopic (exact) mass is 588 g/mol. The minimum atomic E-state index is -1.33. The van der Waals surface area contributed by atoms with Crippen LogP contribution in [0.4, 0.5) is 11.4 Å². The molecule has 182 valence electrons. The van der Waals surface area contributed by atoms with Crippen LogP contribution in [0.25, 0.3) is 0 Å². The lowest BCUT2D eigenvalue weighted by Gasteiger charge is -2.11. The van der Waals surface area contributed by atoms with Gasteiger partial charge in [-0.2, -0.15) is 0 Å². The molecule has 1 aliphatic carbocycles. The number of carbonyl (C=O) groups is 2. The van der Waals surface area contributed by atoms with E-state index in [9.17, 15) is 13.8 Å². The van der Waals surface area contributed by atoms with Crippen LogP contribution in [0, 0.1) is 5.92 Å². The van der Waals surface area contributed by atoms with Crippen molar-refractivity contribution in [2.24, 2.45) is 5.92 Å². The summed E-state index contributed by atoms with van der Waals surface area (Å²) < 4.78 is 10.2. The molecule has 2 N–H and O–H groups in total. The zero-order chi connectivity index (χ0) is 25.5. The Hall–Kier alpha value is -1.80. The molecule has 0 spiro atoms. The molecule has 4 rings (SSSR count). The van der Waals surface area contributed by atoms with Crippen LogP contribution >= 0.6 is 58.0 Å². The van der Waals surface area contributed by atoms with Gasteiger partial charge in [0.1, 0.15) is 4.33 Å². The van der Waals surface area contributed by atoms with Crippen LogP contribution in [0.3, 0.4) is 0 Å². The highest BCUT2D eigenvalue weighted by molar-refractivity contribution is 7.84. The van der Waals surface area contributed by atoms with Gasteiger partial charge in [-0.05, 0) is 66.2 Å². The van der Waals surface area contributed by atoms with E-state index in [1.807, 2.05) is 0 Å². The topological polar surface area (TPSA) is 75.3 Å². The molecular weight excluding hydrogens is 574 g/mol. The van der Waals surface area contributed by atoms with Gasteiger partial charge < -0.3 is 10.6 Å². The lowest BCUT2D eigenvalue weighted by atomic mass is 10.1. The molecule has 3 aromatic carbocycles. The average molecular weight is 591 g/mol. The Labute approximate surface area is 229 Å². The Bertz CT molecular complexity index is 1330. The van der Waals surface area contributed by atoms with Crippen molar-refractivity contribution in [1.29, 1.82) is 0 Å². The van der Waals surface area contributed by atoms with Gasteiger partial charge in [-0.1, -0.05) is 34.8 Å². The van der Waals surface area contributed by atoms with E-state index in [0.29, 0.717) is 31.9 Å². The minimum Gasteiger partial charge on any atom is -0.326 e. The summed E-state index contributed by atoms with van der Waals surface area (Å²) in [4.78, 5) is 26.4. The van der Waals surface area contributed by atoms with E-state index < -0.39 is 38.8 Å². The van der Waals surface area contributed by atoms with E-state index >= 15 is 0 Å². The fourth-order valence-electron chi connectivity index (χ4n) is 3.75. The highest BCUT2D eigenvalue weighted by atomic mass is 35.5. The fourth-order valence-corrected chi connectivity index (χ4v) is 5.84. The maximum absolute atomic E-state index is 13.0. The number of halogens is 5. The van der Waals surface area contributed by atoms with Crippen molar-refractivity contribution < 1.29 is 13.8 Å². The second kappa shape index (κ2) is 10.3. The van der Waals surface area contributed by atoms with Gasteiger partial charge in [-0.3, -0.25) is 13.8 Å². The van der Waals surface area contributed by atoms with Crippen molar-refractivity contribution in [2.45, 2.75) is 15.1 Å². The number of amides is 2. The lowest BCUT2D eigenvalue weighted by Crippen LogP contribution is -2.18. The van der Waals surface area contributed by atoms with Gasteiger partial charge in [0, 0.05) is 49.3 Å². The minimum absolute atomic E-state index is 0.157. The number of nitrogens with one attached hydrogen (secondary N) is 2. The summed E-state index contributed by atoms with van der Waals surface area (Å²) in [6.07, 6.45) is 1.57. The quantitative estimate of drug-likeness (QED) is 0.299. The van der Waals surface area contributed by atoms with Gasteiger partial charge in [0.2, 0.25) is 5.91 Å². The number of benzene rings is 3. The Balaban J connectivity index is 1.49. The highest BCUT2D eigenvalue weighted by Gasteiger charge is 2.67. The van der Waals surface area contributed by atoms with Crippen molar-refractivity contribution in [1.82, 2.24) is 0 Å². The third-order valence-electron chi connectivity index (χ3n) is 5.50. The summed E-state index contributed by atoms with van der Waals surface area (Å²) in [5.74, 6) is -2.15. The maximum atomic E-state index is 13.0. The highest BCUT2D eigenvalue weighted by Crippen LogP contribution is 2.65. The third-order valence-corrected chi connectivity index (χ3v) is 8.15. The SMILES string of the molecule is CS(=O)c1ccc(NC(=O)c2cc(NC(=O)[C@@H]3[C@@H](c4cc(Cl)cc(Cl)c4)C3(Cl)Cl)ccc2Cl)cc1. The van der Waals surface area contributed by atoms with E-state index in [0.717, 1.165) is 0 Å². The van der Waals surface area contributed by atoms with Crippen LogP contribution in [0.2, 0.25) is 15.1 Å². The molecule has 11 heteroatoms. The average Bonchev–Trinajstić information content (AvgIpc) is 3.36. The molecule has 0 bridgehead atoms. The molecule has 0 heterocycles. The predicted molar refractivity (Wildman–Crippen MR) is 144 cm³/mol. The number of alkyl halides is 2. The largest absolute Gasteiger partial charge is 0.326 e. The molecule has 0 aliphatic heterocycles. The number of hydrogen-bond acceptors (Lipinski definition) is 3. The zero-order valence-electron chi connectivity index (χ0n) is 18.0. The van der Waals surface area contributed by atoms with Crippen molar-refractivity contribution in [3.05, 3.63) is 86.9 Å². The van der Waals surface area contributed by atoms with E-state index in [-0.39, 0.29) is 10.6 Å². The normalized spacial score (nSPS) is 19.0. The van der Waals surface area contributed by atoms with Gasteiger partial charge >= 0.3 is 0 Å². The summed E-state index contributed by atoms with van der Waals surface area (Å²) in [7, 11) is -1.13. The first kappa shape index (κ1) is 26.3. The molecule has 3 aromatic rings. The summed E-state index contributed by atoms with van der Waals surface area (Å²) in [5, 5.41) is 6.50. The first-order valence-electron chi connectivity index (χ1n) is 10.2. The molecular formula is C24H17Cl5N2O3S. The molecule has 35 heavy (non-hydrogen) atoms. The standard InChI is InChI=1S/C24H17Cl5N2O3S/c1-35(34)17-5-2-15(3-6-17)30-22(32)18-11-16(4-7-19(18)27)31-23(33)21-20(24(21,28)29)12-8-13(25)10-14(26)9-12/h2-11,20-21H,1H3,(H,30,32)(H,31,33)/t20-,21+,35?/m1/s1.